The Balaban J connectivity index is 1.20. The van der Waals surface area contributed by atoms with Crippen LogP contribution in [0.2, 0.25) is 0 Å². The zero-order valence-electron chi connectivity index (χ0n) is 16.2. The minimum absolute atomic E-state index is 0.0430. The van der Waals surface area contributed by atoms with Crippen molar-refractivity contribution in [3.63, 3.8) is 0 Å². The Labute approximate surface area is 179 Å². The average molecular weight is 425 g/mol. The molecule has 5 nitrogen and oxygen atoms in total. The van der Waals surface area contributed by atoms with Crippen molar-refractivity contribution in [1.82, 2.24) is 14.9 Å². The number of nitrogens with zero attached hydrogens (tertiary/aromatic N) is 4. The van der Waals surface area contributed by atoms with Gasteiger partial charge in [-0.2, -0.15) is 0 Å². The van der Waals surface area contributed by atoms with Crippen LogP contribution >= 0.6 is 23.1 Å². The van der Waals surface area contributed by atoms with Gasteiger partial charge in [0.2, 0.25) is 5.95 Å². The molecule has 3 aromatic rings. The van der Waals surface area contributed by atoms with Gasteiger partial charge in [-0.15, -0.1) is 23.1 Å². The van der Waals surface area contributed by atoms with Crippen LogP contribution in [0.5, 0.6) is 0 Å². The lowest BCUT2D eigenvalue weighted by Gasteiger charge is -2.34. The predicted molar refractivity (Wildman–Crippen MR) is 119 cm³/mol. The Hall–Kier alpha value is -1.93. The number of hydrogen-bond acceptors (Lipinski definition) is 7. The van der Waals surface area contributed by atoms with Gasteiger partial charge in [0.1, 0.15) is 6.10 Å². The van der Waals surface area contributed by atoms with Crippen molar-refractivity contribution in [3.8, 4) is 0 Å². The summed E-state index contributed by atoms with van der Waals surface area (Å²) in [5.41, 5.74) is 4.04. The lowest BCUT2D eigenvalue weighted by Crippen LogP contribution is -2.47. The molecule has 2 aromatic heterocycles. The molecule has 7 heteroatoms. The summed E-state index contributed by atoms with van der Waals surface area (Å²) in [5.74, 6) is 1.86. The molecule has 5 rings (SSSR count). The zero-order valence-corrected chi connectivity index (χ0v) is 17.9. The van der Waals surface area contributed by atoms with Gasteiger partial charge in [-0.1, -0.05) is 24.3 Å². The number of rotatable bonds is 5. The van der Waals surface area contributed by atoms with Crippen LogP contribution < -0.4 is 4.90 Å². The van der Waals surface area contributed by atoms with Gasteiger partial charge in [0, 0.05) is 56.4 Å². The summed E-state index contributed by atoms with van der Waals surface area (Å²) in [6.07, 6.45) is 3.66. The lowest BCUT2D eigenvalue weighted by atomic mass is 9.99. The van der Waals surface area contributed by atoms with Crippen LogP contribution in [0.15, 0.2) is 58.4 Å². The summed E-state index contributed by atoms with van der Waals surface area (Å²) in [5, 5.41) is 2.19. The van der Waals surface area contributed by atoms with E-state index in [1.807, 2.05) is 41.6 Å². The first-order chi connectivity index (χ1) is 14.4. The molecule has 0 radical (unpaired) electrons. The zero-order chi connectivity index (χ0) is 19.5. The van der Waals surface area contributed by atoms with Crippen LogP contribution in [-0.4, -0.2) is 54.2 Å². The Morgan fingerprint density at radius 3 is 2.66 bits per heavy atom. The molecule has 2 aliphatic heterocycles. The van der Waals surface area contributed by atoms with E-state index in [0.717, 1.165) is 51.0 Å². The van der Waals surface area contributed by atoms with Crippen molar-refractivity contribution in [2.45, 2.75) is 16.1 Å². The quantitative estimate of drug-likeness (QED) is 0.615. The van der Waals surface area contributed by atoms with Crippen molar-refractivity contribution in [2.24, 2.45) is 0 Å². The minimum Gasteiger partial charge on any atom is -0.367 e. The van der Waals surface area contributed by atoms with Crippen LogP contribution in [0.4, 0.5) is 5.95 Å². The second-order valence-electron chi connectivity index (χ2n) is 7.28. The van der Waals surface area contributed by atoms with Crippen LogP contribution in [0.3, 0.4) is 0 Å². The Kier molecular flexibility index (Phi) is 5.80. The molecule has 1 unspecified atom stereocenters. The third-order valence-corrected chi connectivity index (χ3v) is 7.85. The molecular formula is C22H24N4OS2. The standard InChI is InChI=1S/C22H24N4OS2/c1-2-5-18-17(4-1)16-29-21-19(6-15-28-21)20(18)27-14-13-25-9-11-26(12-10-25)22-23-7-3-8-24-22/h1-8,15,20H,9-14,16H2. The topological polar surface area (TPSA) is 41.5 Å². The molecule has 4 heterocycles. The highest BCUT2D eigenvalue weighted by atomic mass is 32.2. The Morgan fingerprint density at radius 1 is 0.966 bits per heavy atom. The number of ether oxygens (including phenoxy) is 1. The molecule has 0 amide bonds. The molecule has 1 aromatic carbocycles. The summed E-state index contributed by atoms with van der Waals surface area (Å²) < 4.78 is 7.89. The number of fused-ring (bicyclic) bond motifs is 2. The number of piperazine rings is 1. The molecule has 0 saturated carbocycles. The summed E-state index contributed by atoms with van der Waals surface area (Å²) in [4.78, 5) is 13.5. The maximum atomic E-state index is 6.50. The van der Waals surface area contributed by atoms with E-state index in [4.69, 9.17) is 4.74 Å². The molecule has 150 valence electrons. The van der Waals surface area contributed by atoms with E-state index >= 15 is 0 Å². The molecule has 0 aliphatic carbocycles. The number of thiophene rings is 1. The van der Waals surface area contributed by atoms with E-state index < -0.39 is 0 Å². The smallest absolute Gasteiger partial charge is 0.225 e. The first kappa shape index (κ1) is 19.1. The maximum Gasteiger partial charge on any atom is 0.225 e. The van der Waals surface area contributed by atoms with E-state index in [1.54, 1.807) is 0 Å². The van der Waals surface area contributed by atoms with Crippen molar-refractivity contribution < 1.29 is 4.74 Å². The van der Waals surface area contributed by atoms with E-state index in [0.29, 0.717) is 0 Å². The molecule has 1 saturated heterocycles. The summed E-state index contributed by atoms with van der Waals surface area (Å²) in [7, 11) is 0. The number of thioether (sulfide) groups is 1. The molecule has 2 aliphatic rings. The van der Waals surface area contributed by atoms with Crippen molar-refractivity contribution >= 4 is 29.0 Å². The number of hydrogen-bond donors (Lipinski definition) is 0. The fraction of sp³-hybridized carbons (Fsp3) is 0.364. The van der Waals surface area contributed by atoms with Gasteiger partial charge in [-0.25, -0.2) is 9.97 Å². The van der Waals surface area contributed by atoms with E-state index in [2.05, 4.69) is 55.5 Å². The van der Waals surface area contributed by atoms with Gasteiger partial charge >= 0.3 is 0 Å². The monoisotopic (exact) mass is 424 g/mol. The lowest BCUT2D eigenvalue weighted by molar-refractivity contribution is 0.0574. The van der Waals surface area contributed by atoms with Gasteiger partial charge in [0.05, 0.1) is 10.8 Å². The SMILES string of the molecule is c1cnc(N2CCN(CCOC3c4ccccc4CSc4sccc43)CC2)nc1. The average Bonchev–Trinajstić information content (AvgIpc) is 3.19. The predicted octanol–water partition coefficient (Wildman–Crippen LogP) is 4.07. The Bertz CT molecular complexity index is 941. The van der Waals surface area contributed by atoms with E-state index in [-0.39, 0.29) is 6.10 Å². The van der Waals surface area contributed by atoms with Crippen LogP contribution in [0.25, 0.3) is 0 Å². The molecule has 29 heavy (non-hydrogen) atoms. The van der Waals surface area contributed by atoms with Crippen LogP contribution in [0.1, 0.15) is 22.8 Å². The Morgan fingerprint density at radius 2 is 1.79 bits per heavy atom. The van der Waals surface area contributed by atoms with Crippen molar-refractivity contribution in [3.05, 3.63) is 70.9 Å². The number of anilines is 1. The van der Waals surface area contributed by atoms with Crippen LogP contribution in [-0.2, 0) is 10.5 Å². The minimum atomic E-state index is 0.0430. The van der Waals surface area contributed by atoms with Crippen molar-refractivity contribution in [2.75, 3.05) is 44.2 Å². The summed E-state index contributed by atoms with van der Waals surface area (Å²) in [6.45, 7) is 5.64. The molecule has 0 spiro atoms. The first-order valence-corrected chi connectivity index (χ1v) is 11.9. The molecular weight excluding hydrogens is 400 g/mol. The van der Waals surface area contributed by atoms with E-state index in [9.17, 15) is 0 Å². The molecule has 1 atom stereocenters. The highest BCUT2D eigenvalue weighted by Gasteiger charge is 2.26. The summed E-state index contributed by atoms with van der Waals surface area (Å²) >= 11 is 3.76. The van der Waals surface area contributed by atoms with Crippen molar-refractivity contribution in [1.29, 1.82) is 0 Å². The summed E-state index contributed by atoms with van der Waals surface area (Å²) in [6, 6.07) is 12.8. The number of benzene rings is 1. The highest BCUT2D eigenvalue weighted by Crippen LogP contribution is 2.43. The van der Waals surface area contributed by atoms with E-state index in [1.165, 1.54) is 20.9 Å². The third-order valence-electron chi connectivity index (χ3n) is 5.54. The van der Waals surface area contributed by atoms with Gasteiger partial charge in [-0.05, 0) is 28.6 Å². The fourth-order valence-corrected chi connectivity index (χ4v) is 6.11. The fourth-order valence-electron chi connectivity index (χ4n) is 3.95. The van der Waals surface area contributed by atoms with Gasteiger partial charge in [0.25, 0.3) is 0 Å². The van der Waals surface area contributed by atoms with Gasteiger partial charge < -0.3 is 9.64 Å². The number of aromatic nitrogens is 2. The van der Waals surface area contributed by atoms with Crippen LogP contribution in [0, 0.1) is 0 Å². The largest absolute Gasteiger partial charge is 0.367 e. The second kappa shape index (κ2) is 8.83. The van der Waals surface area contributed by atoms with Gasteiger partial charge in [-0.3, -0.25) is 4.90 Å². The maximum absolute atomic E-state index is 6.50. The highest BCUT2D eigenvalue weighted by molar-refractivity contribution is 8.00. The molecule has 0 N–H and O–H groups in total. The van der Waals surface area contributed by atoms with Gasteiger partial charge in [0.15, 0.2) is 0 Å². The third kappa shape index (κ3) is 4.19. The first-order valence-electron chi connectivity index (χ1n) is 10.0. The normalized spacial score (nSPS) is 19.4. The molecule has 1 fully saturated rings. The molecule has 0 bridgehead atoms. The second-order valence-corrected chi connectivity index (χ2v) is 9.44.